The van der Waals surface area contributed by atoms with Gasteiger partial charge in [0.1, 0.15) is 17.2 Å². The van der Waals surface area contributed by atoms with E-state index >= 15 is 0 Å². The highest BCUT2D eigenvalue weighted by atomic mass is 16.3. The van der Waals surface area contributed by atoms with Crippen LogP contribution in [-0.4, -0.2) is 15.3 Å². The molecule has 0 aliphatic carbocycles. The standard InChI is InChI=1S/C45H60O3/c1-25-16-31(22-37(40(25)46)43(7,8)9)19-34-28(4)35(20-32-17-26(2)41(47)38(23-32)44(10,11)12)30(6)36(29(34)5)21-33-18-27(3)42(48)39(24-33)45(13,14)15/h16-18,22-24,46-48H,19-21H2,1-15H3. The van der Waals surface area contributed by atoms with Crippen molar-refractivity contribution >= 4 is 0 Å². The van der Waals surface area contributed by atoms with Crippen LogP contribution >= 0.6 is 0 Å². The average molecular weight is 649 g/mol. The van der Waals surface area contributed by atoms with Crippen molar-refractivity contribution in [3.63, 3.8) is 0 Å². The fourth-order valence-corrected chi connectivity index (χ4v) is 7.38. The van der Waals surface area contributed by atoms with E-state index in [1.807, 2.05) is 20.8 Å². The molecule has 0 aliphatic rings. The van der Waals surface area contributed by atoms with Crippen LogP contribution in [0.5, 0.6) is 17.2 Å². The van der Waals surface area contributed by atoms with Crippen molar-refractivity contribution in [3.8, 4) is 17.2 Å². The molecule has 258 valence electrons. The Morgan fingerprint density at radius 2 is 0.583 bits per heavy atom. The molecule has 0 bridgehead atoms. The van der Waals surface area contributed by atoms with Gasteiger partial charge in [0.25, 0.3) is 0 Å². The van der Waals surface area contributed by atoms with Gasteiger partial charge in [0.2, 0.25) is 0 Å². The third-order valence-electron chi connectivity index (χ3n) is 10.4. The Morgan fingerprint density at radius 1 is 0.375 bits per heavy atom. The van der Waals surface area contributed by atoms with Crippen LogP contribution in [0.2, 0.25) is 0 Å². The molecule has 0 radical (unpaired) electrons. The van der Waals surface area contributed by atoms with Crippen LogP contribution in [0.1, 0.15) is 146 Å². The summed E-state index contributed by atoms with van der Waals surface area (Å²) in [7, 11) is 0. The maximum atomic E-state index is 11.0. The fourth-order valence-electron chi connectivity index (χ4n) is 7.38. The molecule has 0 spiro atoms. The molecule has 48 heavy (non-hydrogen) atoms. The van der Waals surface area contributed by atoms with E-state index in [9.17, 15) is 15.3 Å². The first-order valence-electron chi connectivity index (χ1n) is 17.5. The minimum atomic E-state index is -0.179. The largest absolute Gasteiger partial charge is 0.507 e. The van der Waals surface area contributed by atoms with E-state index in [2.05, 4.69) is 119 Å². The molecular formula is C45H60O3. The Balaban J connectivity index is 1.97. The van der Waals surface area contributed by atoms with E-state index < -0.39 is 0 Å². The lowest BCUT2D eigenvalue weighted by Crippen LogP contribution is -2.15. The monoisotopic (exact) mass is 648 g/mol. The van der Waals surface area contributed by atoms with Crippen LogP contribution < -0.4 is 0 Å². The molecule has 0 amide bonds. The van der Waals surface area contributed by atoms with E-state index in [1.54, 1.807) is 0 Å². The lowest BCUT2D eigenvalue weighted by atomic mass is 9.78. The van der Waals surface area contributed by atoms with Crippen molar-refractivity contribution in [2.45, 2.75) is 139 Å². The molecule has 0 heterocycles. The van der Waals surface area contributed by atoms with Crippen molar-refractivity contribution in [2.75, 3.05) is 0 Å². The van der Waals surface area contributed by atoms with Gasteiger partial charge in [-0.1, -0.05) is 98.7 Å². The highest BCUT2D eigenvalue weighted by molar-refractivity contribution is 5.58. The number of phenols is 3. The predicted molar refractivity (Wildman–Crippen MR) is 204 cm³/mol. The number of rotatable bonds is 6. The van der Waals surface area contributed by atoms with Gasteiger partial charge in [-0.05, 0) is 161 Å². The second-order valence-electron chi connectivity index (χ2n) is 17.5. The van der Waals surface area contributed by atoms with Crippen molar-refractivity contribution in [1.29, 1.82) is 0 Å². The first-order chi connectivity index (χ1) is 21.9. The van der Waals surface area contributed by atoms with Gasteiger partial charge in [-0.3, -0.25) is 0 Å². The highest BCUT2D eigenvalue weighted by Gasteiger charge is 2.25. The first kappa shape index (κ1) is 37.1. The second kappa shape index (κ2) is 13.0. The number of hydrogen-bond donors (Lipinski definition) is 3. The molecule has 3 heteroatoms. The van der Waals surface area contributed by atoms with Gasteiger partial charge in [-0.2, -0.15) is 0 Å². The van der Waals surface area contributed by atoms with Gasteiger partial charge in [0.15, 0.2) is 0 Å². The number of aromatic hydroxyl groups is 3. The third-order valence-corrected chi connectivity index (χ3v) is 10.4. The molecule has 3 N–H and O–H groups in total. The number of aryl methyl sites for hydroxylation is 3. The lowest BCUT2D eigenvalue weighted by molar-refractivity contribution is 0.442. The summed E-state index contributed by atoms with van der Waals surface area (Å²) in [6.07, 6.45) is 2.31. The molecule has 0 fully saturated rings. The van der Waals surface area contributed by atoms with Gasteiger partial charge in [-0.25, -0.2) is 0 Å². The molecule has 4 aromatic rings. The summed E-state index contributed by atoms with van der Waals surface area (Å²) >= 11 is 0. The SMILES string of the molecule is Cc1cc(Cc2c(C)c(Cc3cc(C)c(O)c(C(C)(C)C)c3)c(C)c(Cc3cc(C)c(O)c(C(C)(C)C)c3)c2C)cc(C(C)(C)C)c1O. The molecule has 0 saturated heterocycles. The van der Waals surface area contributed by atoms with Gasteiger partial charge < -0.3 is 15.3 Å². The quantitative estimate of drug-likeness (QED) is 0.195. The Morgan fingerprint density at radius 3 is 0.771 bits per heavy atom. The molecule has 0 atom stereocenters. The summed E-state index contributed by atoms with van der Waals surface area (Å²) in [5.74, 6) is 1.17. The van der Waals surface area contributed by atoms with Gasteiger partial charge in [-0.15, -0.1) is 0 Å². The van der Waals surface area contributed by atoms with Crippen LogP contribution in [0, 0.1) is 41.5 Å². The Kier molecular flexibility index (Phi) is 10.0. The van der Waals surface area contributed by atoms with E-state index in [4.69, 9.17) is 0 Å². The topological polar surface area (TPSA) is 60.7 Å². The maximum Gasteiger partial charge on any atom is 0.122 e. The van der Waals surface area contributed by atoms with Gasteiger partial charge >= 0.3 is 0 Å². The van der Waals surface area contributed by atoms with Crippen LogP contribution in [-0.2, 0) is 35.5 Å². The average Bonchev–Trinajstić information content (AvgIpc) is 2.94. The van der Waals surface area contributed by atoms with Gasteiger partial charge in [0, 0.05) is 0 Å². The van der Waals surface area contributed by atoms with Crippen LogP contribution in [0.4, 0.5) is 0 Å². The summed E-state index contributed by atoms with van der Waals surface area (Å²) in [4.78, 5) is 0. The lowest BCUT2D eigenvalue weighted by Gasteiger charge is -2.27. The zero-order valence-corrected chi connectivity index (χ0v) is 32.4. The molecule has 0 aromatic heterocycles. The molecule has 4 rings (SSSR count). The van der Waals surface area contributed by atoms with Crippen LogP contribution in [0.3, 0.4) is 0 Å². The van der Waals surface area contributed by atoms with E-state index in [1.165, 1.54) is 50.1 Å². The van der Waals surface area contributed by atoms with E-state index in [0.717, 1.165) is 52.6 Å². The molecule has 4 aromatic carbocycles. The summed E-state index contributed by atoms with van der Waals surface area (Å²) in [5, 5.41) is 33.0. The minimum Gasteiger partial charge on any atom is -0.507 e. The van der Waals surface area contributed by atoms with Crippen LogP contribution in [0.25, 0.3) is 0 Å². The summed E-state index contributed by atoms with van der Waals surface area (Å²) in [6.45, 7) is 32.2. The van der Waals surface area contributed by atoms with Crippen molar-refractivity contribution in [2.24, 2.45) is 0 Å². The Bertz CT molecular complexity index is 1630. The van der Waals surface area contributed by atoms with Crippen molar-refractivity contribution < 1.29 is 15.3 Å². The number of hydrogen-bond acceptors (Lipinski definition) is 3. The predicted octanol–water partition coefficient (Wildman–Crippen LogP) is 11.3. The van der Waals surface area contributed by atoms with Crippen molar-refractivity contribution in [1.82, 2.24) is 0 Å². The van der Waals surface area contributed by atoms with Gasteiger partial charge in [0.05, 0.1) is 0 Å². The highest BCUT2D eigenvalue weighted by Crippen LogP contribution is 2.40. The third kappa shape index (κ3) is 7.46. The fraction of sp³-hybridized carbons (Fsp3) is 0.467. The molecule has 0 saturated carbocycles. The molecule has 3 nitrogen and oxygen atoms in total. The zero-order chi connectivity index (χ0) is 36.3. The Hall–Kier alpha value is -3.72. The van der Waals surface area contributed by atoms with Crippen LogP contribution in [0.15, 0.2) is 36.4 Å². The summed E-state index contributed by atoms with van der Waals surface area (Å²) in [6, 6.07) is 13.0. The summed E-state index contributed by atoms with van der Waals surface area (Å²) in [5.41, 5.74) is 16.6. The summed E-state index contributed by atoms with van der Waals surface area (Å²) < 4.78 is 0. The maximum absolute atomic E-state index is 11.0. The Labute approximate surface area is 291 Å². The minimum absolute atomic E-state index is 0.179. The molecule has 0 aliphatic heterocycles. The first-order valence-corrected chi connectivity index (χ1v) is 17.5. The number of phenolic OH excluding ortho intramolecular Hbond substituents is 3. The molecule has 0 unspecified atom stereocenters. The smallest absolute Gasteiger partial charge is 0.122 e. The zero-order valence-electron chi connectivity index (χ0n) is 32.4. The number of benzene rings is 4. The normalized spacial score (nSPS) is 12.6. The van der Waals surface area contributed by atoms with E-state index in [0.29, 0.717) is 17.2 Å². The van der Waals surface area contributed by atoms with Crippen molar-refractivity contribution in [3.05, 3.63) is 120 Å². The van der Waals surface area contributed by atoms with E-state index in [-0.39, 0.29) is 16.2 Å². The second-order valence-corrected chi connectivity index (χ2v) is 17.5. The molecular weight excluding hydrogens is 588 g/mol.